The van der Waals surface area contributed by atoms with Gasteiger partial charge in [-0.2, -0.15) is 0 Å². The van der Waals surface area contributed by atoms with Crippen LogP contribution in [0.5, 0.6) is 0 Å². The van der Waals surface area contributed by atoms with Gasteiger partial charge in [0.05, 0.1) is 11.9 Å². The molecule has 0 spiro atoms. The summed E-state index contributed by atoms with van der Waals surface area (Å²) in [6, 6.07) is 0. The molecule has 0 aliphatic carbocycles. The van der Waals surface area contributed by atoms with Crippen molar-refractivity contribution in [3.63, 3.8) is 0 Å². The van der Waals surface area contributed by atoms with Gasteiger partial charge in [0.2, 0.25) is 10.0 Å². The first-order chi connectivity index (χ1) is 4.96. The Bertz CT molecular complexity index is 184. The maximum atomic E-state index is 11.3. The molecule has 0 heterocycles. The monoisotopic (exact) mass is 181 g/mol. The van der Waals surface area contributed by atoms with Crippen LogP contribution in [0.25, 0.3) is 0 Å². The van der Waals surface area contributed by atoms with E-state index in [4.69, 9.17) is 5.11 Å². The van der Waals surface area contributed by atoms with E-state index in [2.05, 4.69) is 0 Å². The fourth-order valence-electron chi connectivity index (χ4n) is 0.581. The van der Waals surface area contributed by atoms with Crippen molar-refractivity contribution in [3.05, 3.63) is 0 Å². The molecule has 0 amide bonds. The average molecular weight is 181 g/mol. The van der Waals surface area contributed by atoms with Crippen molar-refractivity contribution in [2.45, 2.75) is 19.1 Å². The molecule has 11 heavy (non-hydrogen) atoms. The zero-order chi connectivity index (χ0) is 9.07. The summed E-state index contributed by atoms with van der Waals surface area (Å²) in [4.78, 5) is 0. The number of hydrogen-bond acceptors (Lipinski definition) is 3. The zero-order valence-electron chi connectivity index (χ0n) is 7.11. The normalized spacial score (nSPS) is 15.4. The molecule has 0 radical (unpaired) electrons. The van der Waals surface area contributed by atoms with Crippen molar-refractivity contribution < 1.29 is 13.5 Å². The van der Waals surface area contributed by atoms with E-state index in [1.54, 1.807) is 6.92 Å². The highest BCUT2D eigenvalue weighted by Gasteiger charge is 2.23. The van der Waals surface area contributed by atoms with Crippen LogP contribution in [0.4, 0.5) is 0 Å². The van der Waals surface area contributed by atoms with E-state index < -0.39 is 15.3 Å². The second-order valence-electron chi connectivity index (χ2n) is 2.45. The number of aliphatic hydroxyl groups excluding tert-OH is 1. The van der Waals surface area contributed by atoms with Crippen LogP contribution in [0.3, 0.4) is 0 Å². The third-order valence-corrected chi connectivity index (χ3v) is 3.94. The van der Waals surface area contributed by atoms with E-state index in [1.807, 2.05) is 0 Å². The Morgan fingerprint density at radius 2 is 2.00 bits per heavy atom. The number of sulfonamides is 1. The minimum atomic E-state index is -3.26. The highest BCUT2D eigenvalue weighted by Crippen LogP contribution is 2.04. The Balaban J connectivity index is 4.46. The summed E-state index contributed by atoms with van der Waals surface area (Å²) in [6.07, 6.45) is 0. The Morgan fingerprint density at radius 3 is 2.27 bits per heavy atom. The zero-order valence-corrected chi connectivity index (χ0v) is 7.93. The molecule has 0 aromatic rings. The third-order valence-electron chi connectivity index (χ3n) is 1.65. The summed E-state index contributed by atoms with van der Waals surface area (Å²) in [5, 5.41) is 7.91. The summed E-state index contributed by atoms with van der Waals surface area (Å²) < 4.78 is 23.7. The van der Waals surface area contributed by atoms with Gasteiger partial charge >= 0.3 is 0 Å². The summed E-state index contributed by atoms with van der Waals surface area (Å²) in [6.45, 7) is 3.35. The van der Waals surface area contributed by atoms with Crippen LogP contribution in [0.1, 0.15) is 13.8 Å². The summed E-state index contributed by atoms with van der Waals surface area (Å²) >= 11 is 0. The van der Waals surface area contributed by atoms with E-state index in [9.17, 15) is 8.42 Å². The Kier molecular flexibility index (Phi) is 3.99. The van der Waals surface area contributed by atoms with Crippen LogP contribution in [-0.2, 0) is 10.0 Å². The van der Waals surface area contributed by atoms with Gasteiger partial charge in [0.25, 0.3) is 0 Å². The second-order valence-corrected chi connectivity index (χ2v) is 4.91. The first-order valence-electron chi connectivity index (χ1n) is 3.52. The quantitative estimate of drug-likeness (QED) is 0.645. The van der Waals surface area contributed by atoms with Crippen LogP contribution in [0.2, 0.25) is 0 Å². The molecule has 0 saturated carbocycles. The molecular formula is C6H15NO3S. The summed E-state index contributed by atoms with van der Waals surface area (Å²) in [5.41, 5.74) is 0. The summed E-state index contributed by atoms with van der Waals surface area (Å²) in [5.74, 6) is 0. The molecule has 0 fully saturated rings. The van der Waals surface area contributed by atoms with Gasteiger partial charge in [0, 0.05) is 13.6 Å². The molecular weight excluding hydrogens is 166 g/mol. The van der Waals surface area contributed by atoms with Gasteiger partial charge in [0.1, 0.15) is 0 Å². The number of aliphatic hydroxyl groups is 1. The van der Waals surface area contributed by atoms with Crippen molar-refractivity contribution in [2.75, 3.05) is 20.2 Å². The van der Waals surface area contributed by atoms with Gasteiger partial charge < -0.3 is 5.11 Å². The molecule has 0 aliphatic heterocycles. The molecule has 5 heteroatoms. The third kappa shape index (κ3) is 2.43. The highest BCUT2D eigenvalue weighted by atomic mass is 32.2. The predicted molar refractivity (Wildman–Crippen MR) is 43.8 cm³/mol. The van der Waals surface area contributed by atoms with Crippen LogP contribution >= 0.6 is 0 Å². The lowest BCUT2D eigenvalue weighted by atomic mass is 10.5. The number of rotatable bonds is 4. The van der Waals surface area contributed by atoms with Crippen molar-refractivity contribution in [3.8, 4) is 0 Å². The molecule has 0 bridgehead atoms. The minimum absolute atomic E-state index is 0.327. The SMILES string of the molecule is CCN(C)S(=O)(=O)C(C)CO. The van der Waals surface area contributed by atoms with Crippen molar-refractivity contribution >= 4 is 10.0 Å². The van der Waals surface area contributed by atoms with Gasteiger partial charge in [-0.3, -0.25) is 0 Å². The lowest BCUT2D eigenvalue weighted by Crippen LogP contribution is -2.36. The standard InChI is InChI=1S/C6H15NO3S/c1-4-7(3)11(9,10)6(2)5-8/h6,8H,4-5H2,1-3H3. The molecule has 0 aromatic carbocycles. The van der Waals surface area contributed by atoms with Gasteiger partial charge in [-0.15, -0.1) is 0 Å². The van der Waals surface area contributed by atoms with Gasteiger partial charge in [0.15, 0.2) is 0 Å². The summed E-state index contributed by atoms with van der Waals surface area (Å²) in [7, 11) is -1.75. The molecule has 68 valence electrons. The fourth-order valence-corrected chi connectivity index (χ4v) is 1.74. The molecule has 0 aromatic heterocycles. The molecule has 0 saturated heterocycles. The first kappa shape index (κ1) is 10.9. The Hall–Kier alpha value is -0.130. The lowest BCUT2D eigenvalue weighted by Gasteiger charge is -2.18. The van der Waals surface area contributed by atoms with E-state index in [1.165, 1.54) is 18.3 Å². The molecule has 4 nitrogen and oxygen atoms in total. The first-order valence-corrected chi connectivity index (χ1v) is 5.03. The van der Waals surface area contributed by atoms with Crippen LogP contribution in [0.15, 0.2) is 0 Å². The highest BCUT2D eigenvalue weighted by molar-refractivity contribution is 7.89. The number of hydrogen-bond donors (Lipinski definition) is 1. The average Bonchev–Trinajstić information content (AvgIpc) is 2.01. The molecule has 0 aliphatic rings. The largest absolute Gasteiger partial charge is 0.395 e. The lowest BCUT2D eigenvalue weighted by molar-refractivity contribution is 0.291. The van der Waals surface area contributed by atoms with Crippen molar-refractivity contribution in [2.24, 2.45) is 0 Å². The fraction of sp³-hybridized carbons (Fsp3) is 1.00. The molecule has 0 rings (SSSR count). The van der Waals surface area contributed by atoms with Crippen LogP contribution in [-0.4, -0.2) is 43.3 Å². The Labute approximate surface area is 67.9 Å². The maximum Gasteiger partial charge on any atom is 0.218 e. The molecule has 1 unspecified atom stereocenters. The van der Waals surface area contributed by atoms with Crippen LogP contribution in [0, 0.1) is 0 Å². The Morgan fingerprint density at radius 1 is 1.55 bits per heavy atom. The number of nitrogens with zero attached hydrogens (tertiary/aromatic N) is 1. The minimum Gasteiger partial charge on any atom is -0.395 e. The second kappa shape index (κ2) is 4.04. The van der Waals surface area contributed by atoms with Crippen LogP contribution < -0.4 is 0 Å². The van der Waals surface area contributed by atoms with Gasteiger partial charge in [-0.05, 0) is 6.92 Å². The topological polar surface area (TPSA) is 57.6 Å². The van der Waals surface area contributed by atoms with E-state index >= 15 is 0 Å². The van der Waals surface area contributed by atoms with E-state index in [0.717, 1.165) is 0 Å². The van der Waals surface area contributed by atoms with Gasteiger partial charge in [-0.25, -0.2) is 12.7 Å². The smallest absolute Gasteiger partial charge is 0.218 e. The van der Waals surface area contributed by atoms with E-state index in [0.29, 0.717) is 6.54 Å². The van der Waals surface area contributed by atoms with Gasteiger partial charge in [-0.1, -0.05) is 6.92 Å². The molecule has 1 atom stereocenters. The van der Waals surface area contributed by atoms with E-state index in [-0.39, 0.29) is 6.61 Å². The van der Waals surface area contributed by atoms with Crippen molar-refractivity contribution in [1.82, 2.24) is 4.31 Å². The molecule has 1 N–H and O–H groups in total. The maximum absolute atomic E-state index is 11.3. The predicted octanol–water partition coefficient (Wildman–Crippen LogP) is -0.351. The van der Waals surface area contributed by atoms with Crippen molar-refractivity contribution in [1.29, 1.82) is 0 Å².